The molecule has 0 spiro atoms. The average Bonchev–Trinajstić information content (AvgIpc) is 2.67. The quantitative estimate of drug-likeness (QED) is 0.867. The van der Waals surface area contributed by atoms with E-state index in [1.807, 2.05) is 43.3 Å². The minimum absolute atomic E-state index is 0.174. The first kappa shape index (κ1) is 17.9. The van der Waals surface area contributed by atoms with Gasteiger partial charge in [-0.3, -0.25) is 4.98 Å². The van der Waals surface area contributed by atoms with Crippen molar-refractivity contribution in [3.05, 3.63) is 54.4 Å². The van der Waals surface area contributed by atoms with Crippen molar-refractivity contribution >= 4 is 6.03 Å². The van der Waals surface area contributed by atoms with E-state index in [2.05, 4.69) is 16.4 Å². The molecule has 0 saturated carbocycles. The Hall–Kier alpha value is -2.91. The Bertz CT molecular complexity index is 786. The van der Waals surface area contributed by atoms with Gasteiger partial charge >= 0.3 is 6.03 Å². The highest BCUT2D eigenvalue weighted by Crippen LogP contribution is 2.40. The van der Waals surface area contributed by atoms with Crippen molar-refractivity contribution in [2.24, 2.45) is 0 Å². The van der Waals surface area contributed by atoms with Crippen molar-refractivity contribution in [2.45, 2.75) is 31.3 Å². The first-order chi connectivity index (χ1) is 12.7. The number of hydrogen-bond donors (Lipinski definition) is 2. The number of aromatic nitrogens is 1. The summed E-state index contributed by atoms with van der Waals surface area (Å²) in [5.74, 6) is -0.194. The zero-order chi connectivity index (χ0) is 18.5. The van der Waals surface area contributed by atoms with Crippen LogP contribution in [0.4, 0.5) is 4.79 Å². The van der Waals surface area contributed by atoms with Gasteiger partial charge in [-0.1, -0.05) is 37.3 Å². The Kier molecular flexibility index (Phi) is 5.49. The Labute approximate surface area is 153 Å². The van der Waals surface area contributed by atoms with E-state index in [-0.39, 0.29) is 24.6 Å². The number of nitriles is 1. The molecular weight excluding hydrogens is 328 g/mol. The smallest absolute Gasteiger partial charge is 0.318 e. The van der Waals surface area contributed by atoms with Crippen LogP contribution >= 0.6 is 0 Å². The minimum Gasteiger partial charge on any atom is -0.394 e. The van der Waals surface area contributed by atoms with Gasteiger partial charge in [0.2, 0.25) is 0 Å². The SMILES string of the molecule is CCCNC(=O)N1[C@H](CO)[C@@H](c2ccc(-c3cccnc3)cc2)[C@@H]1C#N. The highest BCUT2D eigenvalue weighted by atomic mass is 16.3. The number of nitrogens with one attached hydrogen (secondary N) is 1. The predicted octanol–water partition coefficient (Wildman–Crippen LogP) is 2.52. The Morgan fingerprint density at radius 2 is 2.08 bits per heavy atom. The molecular formula is C20H22N4O2. The van der Waals surface area contributed by atoms with Gasteiger partial charge in [0.15, 0.2) is 0 Å². The van der Waals surface area contributed by atoms with E-state index in [0.29, 0.717) is 6.54 Å². The molecule has 2 N–H and O–H groups in total. The molecule has 6 heteroatoms. The highest BCUT2D eigenvalue weighted by molar-refractivity contribution is 5.77. The second-order valence-corrected chi connectivity index (χ2v) is 6.35. The van der Waals surface area contributed by atoms with Crippen LogP contribution in [-0.2, 0) is 0 Å². The summed E-state index contributed by atoms with van der Waals surface area (Å²) in [5, 5.41) is 22.1. The van der Waals surface area contributed by atoms with Gasteiger partial charge in [0.25, 0.3) is 0 Å². The van der Waals surface area contributed by atoms with Gasteiger partial charge in [-0.15, -0.1) is 0 Å². The van der Waals surface area contributed by atoms with E-state index < -0.39 is 6.04 Å². The van der Waals surface area contributed by atoms with E-state index >= 15 is 0 Å². The van der Waals surface area contributed by atoms with Gasteiger partial charge in [-0.05, 0) is 29.2 Å². The molecule has 1 aromatic heterocycles. The molecule has 1 aliphatic rings. The number of pyridine rings is 1. The Balaban J connectivity index is 1.80. The lowest BCUT2D eigenvalue weighted by Crippen LogP contribution is -2.67. The molecule has 0 bridgehead atoms. The fourth-order valence-corrected chi connectivity index (χ4v) is 3.44. The highest BCUT2D eigenvalue weighted by Gasteiger charge is 2.51. The number of carbonyl (C=O) groups is 1. The minimum atomic E-state index is -0.576. The molecule has 2 aromatic rings. The zero-order valence-corrected chi connectivity index (χ0v) is 14.7. The third-order valence-electron chi connectivity index (χ3n) is 4.78. The van der Waals surface area contributed by atoms with Crippen LogP contribution in [0.25, 0.3) is 11.1 Å². The van der Waals surface area contributed by atoms with Gasteiger partial charge in [0, 0.05) is 24.9 Å². The Morgan fingerprint density at radius 3 is 2.65 bits per heavy atom. The van der Waals surface area contributed by atoms with Gasteiger partial charge < -0.3 is 15.3 Å². The Morgan fingerprint density at radius 1 is 1.31 bits per heavy atom. The number of benzene rings is 1. The van der Waals surface area contributed by atoms with Crippen LogP contribution in [0.1, 0.15) is 24.8 Å². The van der Waals surface area contributed by atoms with Crippen LogP contribution in [0.5, 0.6) is 0 Å². The number of rotatable bonds is 5. The number of urea groups is 1. The molecule has 1 fully saturated rings. The van der Waals surface area contributed by atoms with Crippen LogP contribution < -0.4 is 5.32 Å². The van der Waals surface area contributed by atoms with Crippen molar-refractivity contribution in [3.8, 4) is 17.2 Å². The van der Waals surface area contributed by atoms with E-state index in [9.17, 15) is 15.2 Å². The number of likely N-dealkylation sites (tertiary alicyclic amines) is 1. The number of amides is 2. The number of nitrogens with zero attached hydrogens (tertiary/aromatic N) is 3. The van der Waals surface area contributed by atoms with E-state index in [4.69, 9.17) is 0 Å². The predicted molar refractivity (Wildman–Crippen MR) is 98.2 cm³/mol. The monoisotopic (exact) mass is 350 g/mol. The summed E-state index contributed by atoms with van der Waals surface area (Å²) in [6.45, 7) is 2.34. The lowest BCUT2D eigenvalue weighted by molar-refractivity contribution is 0.0169. The molecule has 26 heavy (non-hydrogen) atoms. The average molecular weight is 350 g/mol. The zero-order valence-electron chi connectivity index (χ0n) is 14.7. The van der Waals surface area contributed by atoms with Crippen molar-refractivity contribution in [1.82, 2.24) is 15.2 Å². The molecule has 1 saturated heterocycles. The van der Waals surface area contributed by atoms with E-state index in [1.54, 1.807) is 12.4 Å². The maximum absolute atomic E-state index is 12.3. The largest absolute Gasteiger partial charge is 0.394 e. The van der Waals surface area contributed by atoms with Crippen LogP contribution in [0, 0.1) is 11.3 Å². The molecule has 3 atom stereocenters. The summed E-state index contributed by atoms with van der Waals surface area (Å²) >= 11 is 0. The molecule has 3 rings (SSSR count). The summed E-state index contributed by atoms with van der Waals surface area (Å²) in [5.41, 5.74) is 3.00. The third kappa shape index (κ3) is 3.26. The number of aliphatic hydroxyl groups excluding tert-OH is 1. The van der Waals surface area contributed by atoms with E-state index in [1.165, 1.54) is 4.90 Å². The summed E-state index contributed by atoms with van der Waals surface area (Å²) in [6.07, 6.45) is 4.35. The van der Waals surface area contributed by atoms with Gasteiger partial charge in [0.05, 0.1) is 18.7 Å². The van der Waals surface area contributed by atoms with Gasteiger partial charge in [-0.25, -0.2) is 4.79 Å². The lowest BCUT2D eigenvalue weighted by atomic mass is 9.76. The normalized spacial score (nSPS) is 21.6. The first-order valence-electron chi connectivity index (χ1n) is 8.78. The van der Waals surface area contributed by atoms with Gasteiger partial charge in [0.1, 0.15) is 6.04 Å². The van der Waals surface area contributed by atoms with Crippen molar-refractivity contribution < 1.29 is 9.90 Å². The fraction of sp³-hybridized carbons (Fsp3) is 0.350. The molecule has 1 aliphatic heterocycles. The molecule has 0 aliphatic carbocycles. The van der Waals surface area contributed by atoms with Crippen LogP contribution in [0.15, 0.2) is 48.8 Å². The number of hydrogen-bond acceptors (Lipinski definition) is 4. The summed E-state index contributed by atoms with van der Waals surface area (Å²) in [4.78, 5) is 17.9. The summed E-state index contributed by atoms with van der Waals surface area (Å²) in [6, 6.07) is 12.7. The maximum Gasteiger partial charge on any atom is 0.318 e. The molecule has 6 nitrogen and oxygen atoms in total. The molecule has 2 heterocycles. The fourth-order valence-electron chi connectivity index (χ4n) is 3.44. The second-order valence-electron chi connectivity index (χ2n) is 6.35. The van der Waals surface area contributed by atoms with Crippen molar-refractivity contribution in [1.29, 1.82) is 5.26 Å². The third-order valence-corrected chi connectivity index (χ3v) is 4.78. The van der Waals surface area contributed by atoms with Crippen LogP contribution in [0.3, 0.4) is 0 Å². The first-order valence-corrected chi connectivity index (χ1v) is 8.78. The molecule has 2 amide bonds. The number of aliphatic hydroxyl groups is 1. The molecule has 134 valence electrons. The van der Waals surface area contributed by atoms with Crippen LogP contribution in [0.2, 0.25) is 0 Å². The molecule has 0 unspecified atom stereocenters. The summed E-state index contributed by atoms with van der Waals surface area (Å²) < 4.78 is 0. The van der Waals surface area contributed by atoms with Crippen LogP contribution in [-0.4, -0.2) is 46.3 Å². The van der Waals surface area contributed by atoms with Crippen molar-refractivity contribution in [3.63, 3.8) is 0 Å². The molecule has 1 aromatic carbocycles. The molecule has 0 radical (unpaired) electrons. The standard InChI is InChI=1S/C20H22N4O2/c1-2-9-23-20(26)24-17(11-21)19(18(24)13-25)15-7-5-14(6-8-15)16-4-3-10-22-12-16/h3-8,10,12,17-19,25H,2,9,13H2,1H3,(H,23,26)/t17-,18+,19-/m0/s1. The van der Waals surface area contributed by atoms with E-state index in [0.717, 1.165) is 23.1 Å². The van der Waals surface area contributed by atoms with Gasteiger partial charge in [-0.2, -0.15) is 5.26 Å². The van der Waals surface area contributed by atoms with Crippen molar-refractivity contribution in [2.75, 3.05) is 13.2 Å². The lowest BCUT2D eigenvalue weighted by Gasteiger charge is -2.51. The topological polar surface area (TPSA) is 89.2 Å². The second kappa shape index (κ2) is 7.98. The maximum atomic E-state index is 12.3. The summed E-state index contributed by atoms with van der Waals surface area (Å²) in [7, 11) is 0. The number of carbonyl (C=O) groups excluding carboxylic acids is 1.